The number of hydrogen-bond donors (Lipinski definition) is 2. The van der Waals surface area contributed by atoms with Gasteiger partial charge in [-0.3, -0.25) is 4.79 Å². The van der Waals surface area contributed by atoms with Crippen LogP contribution in [0.4, 0.5) is 0 Å². The van der Waals surface area contributed by atoms with E-state index in [0.717, 1.165) is 16.0 Å². The first kappa shape index (κ1) is 17.9. The molecule has 0 unspecified atom stereocenters. The predicted molar refractivity (Wildman–Crippen MR) is 93.3 cm³/mol. The average molecular weight is 363 g/mol. The molecule has 2 aliphatic heterocycles. The number of carbonyl (C=O) groups is 2. The van der Waals surface area contributed by atoms with Gasteiger partial charge in [-0.05, 0) is 19.9 Å². The number of nitrogens with zero attached hydrogens (tertiary/aromatic N) is 2. The molecular formula is C18H23N2O4S+. The molecule has 1 saturated heterocycles. The number of aromatic nitrogens is 1. The second kappa shape index (κ2) is 6.46. The lowest BCUT2D eigenvalue weighted by Gasteiger charge is -2.46. The molecule has 0 radical (unpaired) electrons. The second-order valence-electron chi connectivity index (χ2n) is 6.95. The van der Waals surface area contributed by atoms with Crippen molar-refractivity contribution in [3.8, 4) is 0 Å². The number of pyridine rings is 1. The summed E-state index contributed by atoms with van der Waals surface area (Å²) in [5, 5.41) is 19.5. The van der Waals surface area contributed by atoms with E-state index in [1.165, 1.54) is 16.7 Å². The van der Waals surface area contributed by atoms with Crippen molar-refractivity contribution in [3.63, 3.8) is 0 Å². The Hall–Kier alpha value is -1.86. The highest BCUT2D eigenvalue weighted by Crippen LogP contribution is 2.50. The van der Waals surface area contributed by atoms with Gasteiger partial charge in [-0.25, -0.2) is 9.36 Å². The summed E-state index contributed by atoms with van der Waals surface area (Å²) in [5.41, 5.74) is 2.33. The molecule has 1 amide bonds. The molecule has 0 saturated carbocycles. The third-order valence-electron chi connectivity index (χ3n) is 4.90. The number of aryl methyl sites for hydroxylation is 2. The minimum absolute atomic E-state index is 0.0847. The second-order valence-corrected chi connectivity index (χ2v) is 7.96. The fraction of sp³-hybridized carbons (Fsp3) is 0.500. The molecule has 2 aliphatic rings. The van der Waals surface area contributed by atoms with Crippen molar-refractivity contribution in [2.24, 2.45) is 18.9 Å². The van der Waals surface area contributed by atoms with Gasteiger partial charge in [0.2, 0.25) is 5.91 Å². The maximum Gasteiger partial charge on any atom is 0.353 e. The summed E-state index contributed by atoms with van der Waals surface area (Å²) in [4.78, 5) is 26.2. The number of β-lactam (4-membered cyclic amide) rings is 1. The molecule has 3 heterocycles. The van der Waals surface area contributed by atoms with Gasteiger partial charge < -0.3 is 15.1 Å². The standard InChI is InChI=1S/C18H22N2O4S/c1-9-5-12(7-19(4)6-9)8-25-16-10(2)14-13(11(3)21)17(22)20(14)15(16)18(23)24/h5-7,10-11,13-14,21H,8H2,1-4H3/p+1/t10-,11-,13-,14+/m1/s1. The number of carboxylic acid groups (broad SMARTS) is 1. The highest BCUT2D eigenvalue weighted by Gasteiger charge is 2.59. The molecule has 0 aromatic carbocycles. The van der Waals surface area contributed by atoms with E-state index in [0.29, 0.717) is 5.75 Å². The van der Waals surface area contributed by atoms with Crippen LogP contribution in [-0.2, 0) is 22.4 Å². The van der Waals surface area contributed by atoms with Crippen molar-refractivity contribution in [1.82, 2.24) is 4.90 Å². The molecule has 0 aliphatic carbocycles. The lowest BCUT2D eigenvalue weighted by molar-refractivity contribution is -0.672. The van der Waals surface area contributed by atoms with E-state index >= 15 is 0 Å². The van der Waals surface area contributed by atoms with Crippen molar-refractivity contribution in [2.75, 3.05) is 0 Å². The van der Waals surface area contributed by atoms with Gasteiger partial charge in [0, 0.05) is 27.7 Å². The first-order chi connectivity index (χ1) is 11.7. The summed E-state index contributed by atoms with van der Waals surface area (Å²) in [6.45, 7) is 5.55. The number of fused-ring (bicyclic) bond motifs is 1. The minimum Gasteiger partial charge on any atom is -0.477 e. The summed E-state index contributed by atoms with van der Waals surface area (Å²) < 4.78 is 1.98. The number of aliphatic hydroxyl groups is 1. The fourth-order valence-corrected chi connectivity index (χ4v) is 5.15. The number of rotatable bonds is 5. The van der Waals surface area contributed by atoms with Crippen LogP contribution in [0.15, 0.2) is 29.1 Å². The van der Waals surface area contributed by atoms with Crippen molar-refractivity contribution >= 4 is 23.6 Å². The molecule has 134 valence electrons. The molecule has 25 heavy (non-hydrogen) atoms. The minimum atomic E-state index is -1.08. The molecule has 1 aromatic heterocycles. The topological polar surface area (TPSA) is 81.7 Å². The average Bonchev–Trinajstić information content (AvgIpc) is 2.73. The van der Waals surface area contributed by atoms with Gasteiger partial charge in [-0.1, -0.05) is 6.92 Å². The molecule has 6 nitrogen and oxygen atoms in total. The van der Waals surface area contributed by atoms with E-state index in [-0.39, 0.29) is 23.6 Å². The van der Waals surface area contributed by atoms with Crippen LogP contribution in [0.1, 0.15) is 25.0 Å². The zero-order chi connectivity index (χ0) is 18.5. The van der Waals surface area contributed by atoms with Crippen molar-refractivity contribution in [2.45, 2.75) is 38.7 Å². The van der Waals surface area contributed by atoms with E-state index in [9.17, 15) is 19.8 Å². The molecule has 2 N–H and O–H groups in total. The number of carbonyl (C=O) groups excluding carboxylic acids is 1. The maximum absolute atomic E-state index is 12.3. The van der Waals surface area contributed by atoms with Gasteiger partial charge in [-0.15, -0.1) is 11.8 Å². The zero-order valence-electron chi connectivity index (χ0n) is 14.8. The molecule has 1 aromatic rings. The van der Waals surface area contributed by atoms with Crippen LogP contribution in [0.2, 0.25) is 0 Å². The Morgan fingerprint density at radius 2 is 2.12 bits per heavy atom. The lowest BCUT2D eigenvalue weighted by atomic mass is 9.79. The van der Waals surface area contributed by atoms with Gasteiger partial charge in [0.1, 0.15) is 12.7 Å². The Labute approximate surface area is 151 Å². The normalized spacial score (nSPS) is 26.5. The van der Waals surface area contributed by atoms with Crippen molar-refractivity contribution < 1.29 is 24.4 Å². The van der Waals surface area contributed by atoms with Crippen LogP contribution in [0.5, 0.6) is 0 Å². The third kappa shape index (κ3) is 2.95. The van der Waals surface area contributed by atoms with E-state index in [1.807, 2.05) is 37.9 Å². The van der Waals surface area contributed by atoms with Gasteiger partial charge in [-0.2, -0.15) is 0 Å². The smallest absolute Gasteiger partial charge is 0.353 e. The third-order valence-corrected chi connectivity index (χ3v) is 6.25. The van der Waals surface area contributed by atoms with Crippen LogP contribution in [-0.4, -0.2) is 39.1 Å². The Kier molecular flexibility index (Phi) is 4.64. The fourth-order valence-electron chi connectivity index (χ4n) is 3.94. The number of thioether (sulfide) groups is 1. The lowest BCUT2D eigenvalue weighted by Crippen LogP contribution is -2.63. The SMILES string of the molecule is Cc1cc(CSC2=C(C(=O)O)N3C(=O)[C@H]([C@@H](C)O)[C@@H]3[C@H]2C)c[n+](C)c1. The quantitative estimate of drug-likeness (QED) is 0.607. The monoisotopic (exact) mass is 363 g/mol. The first-order valence-corrected chi connectivity index (χ1v) is 9.28. The number of amides is 1. The molecule has 3 rings (SSSR count). The van der Waals surface area contributed by atoms with Crippen molar-refractivity contribution in [1.29, 1.82) is 0 Å². The van der Waals surface area contributed by atoms with Gasteiger partial charge in [0.05, 0.1) is 18.1 Å². The van der Waals surface area contributed by atoms with E-state index in [4.69, 9.17) is 0 Å². The molecule has 0 spiro atoms. The highest BCUT2D eigenvalue weighted by atomic mass is 32.2. The maximum atomic E-state index is 12.3. The molecule has 4 atom stereocenters. The van der Waals surface area contributed by atoms with Crippen LogP contribution < -0.4 is 4.57 Å². The van der Waals surface area contributed by atoms with E-state index < -0.39 is 18.0 Å². The van der Waals surface area contributed by atoms with Crippen molar-refractivity contribution in [3.05, 3.63) is 40.2 Å². The number of aliphatic hydroxyl groups excluding tert-OH is 1. The largest absolute Gasteiger partial charge is 0.477 e. The Bertz CT molecular complexity index is 754. The predicted octanol–water partition coefficient (Wildman–Crippen LogP) is 1.21. The summed E-state index contributed by atoms with van der Waals surface area (Å²) in [6, 6.07) is 1.82. The Morgan fingerprint density at radius 1 is 1.44 bits per heavy atom. The number of aliphatic carboxylic acids is 1. The first-order valence-electron chi connectivity index (χ1n) is 8.29. The van der Waals surface area contributed by atoms with Crippen LogP contribution >= 0.6 is 11.8 Å². The van der Waals surface area contributed by atoms with E-state index in [1.54, 1.807) is 6.92 Å². The van der Waals surface area contributed by atoms with E-state index in [2.05, 4.69) is 6.07 Å². The Balaban J connectivity index is 1.86. The molecule has 0 bridgehead atoms. The van der Waals surface area contributed by atoms with Gasteiger partial charge in [0.15, 0.2) is 12.4 Å². The van der Waals surface area contributed by atoms with Crippen LogP contribution in [0.3, 0.4) is 0 Å². The number of hydrogen-bond acceptors (Lipinski definition) is 4. The summed E-state index contributed by atoms with van der Waals surface area (Å²) in [5.74, 6) is -1.34. The molecule has 1 fully saturated rings. The number of carboxylic acids is 1. The summed E-state index contributed by atoms with van der Waals surface area (Å²) >= 11 is 1.47. The van der Waals surface area contributed by atoms with Crippen LogP contribution in [0, 0.1) is 18.8 Å². The summed E-state index contributed by atoms with van der Waals surface area (Å²) in [6.07, 6.45) is 3.26. The Morgan fingerprint density at radius 3 is 2.68 bits per heavy atom. The summed E-state index contributed by atoms with van der Waals surface area (Å²) in [7, 11) is 1.96. The molecular weight excluding hydrogens is 340 g/mol. The van der Waals surface area contributed by atoms with Gasteiger partial charge >= 0.3 is 5.97 Å². The zero-order valence-corrected chi connectivity index (χ0v) is 15.6. The van der Waals surface area contributed by atoms with Crippen LogP contribution in [0.25, 0.3) is 0 Å². The highest BCUT2D eigenvalue weighted by molar-refractivity contribution is 8.02. The molecule has 7 heteroatoms. The van der Waals surface area contributed by atoms with Gasteiger partial charge in [0.25, 0.3) is 0 Å².